The molecule has 0 bridgehead atoms. The Morgan fingerprint density at radius 2 is 1.25 bits per heavy atom. The minimum atomic E-state index is 0.136. The second-order valence-corrected chi connectivity index (χ2v) is 5.93. The lowest BCUT2D eigenvalue weighted by molar-refractivity contribution is -0.127. The first-order chi connectivity index (χ1) is 9.75. The molecule has 3 rings (SSSR count). The van der Waals surface area contributed by atoms with Gasteiger partial charge in [0.25, 0.3) is 0 Å². The van der Waals surface area contributed by atoms with Gasteiger partial charge in [-0.15, -0.1) is 0 Å². The number of hydrogen-bond acceptors (Lipinski definition) is 2. The fourth-order valence-corrected chi connectivity index (χ4v) is 3.59. The number of nitrogens with zero attached hydrogens (tertiary/aromatic N) is 2. The lowest BCUT2D eigenvalue weighted by Crippen LogP contribution is -2.36. The first-order valence-electron chi connectivity index (χ1n) is 7.70. The van der Waals surface area contributed by atoms with Gasteiger partial charge in [-0.2, -0.15) is 0 Å². The monoisotopic (exact) mass is 274 g/mol. The minimum Gasteiger partial charge on any atom is -0.336 e. The average Bonchev–Trinajstić information content (AvgIpc) is 3.06. The van der Waals surface area contributed by atoms with Crippen molar-refractivity contribution in [3.05, 3.63) is 24.3 Å². The molecule has 4 nitrogen and oxygen atoms in total. The number of rotatable bonds is 0. The molecule has 2 saturated heterocycles. The molecule has 0 aliphatic carbocycles. The second-order valence-electron chi connectivity index (χ2n) is 5.93. The molecule has 20 heavy (non-hydrogen) atoms. The molecule has 0 aromatic rings. The normalized spacial score (nSPS) is 34.2. The Morgan fingerprint density at radius 3 is 1.70 bits per heavy atom. The van der Waals surface area contributed by atoms with Crippen LogP contribution in [0.4, 0.5) is 0 Å². The minimum absolute atomic E-state index is 0.136. The number of fused-ring (bicyclic) bond motifs is 2. The molecule has 108 valence electrons. The molecule has 0 aromatic carbocycles. The molecular formula is C16H22N2O2. The van der Waals surface area contributed by atoms with Crippen molar-refractivity contribution in [1.29, 1.82) is 0 Å². The average molecular weight is 274 g/mol. The van der Waals surface area contributed by atoms with Crippen LogP contribution in [-0.4, -0.2) is 46.8 Å². The van der Waals surface area contributed by atoms with Gasteiger partial charge in [0.15, 0.2) is 0 Å². The summed E-state index contributed by atoms with van der Waals surface area (Å²) in [7, 11) is 0. The van der Waals surface area contributed by atoms with Crippen LogP contribution in [0.25, 0.3) is 0 Å². The summed E-state index contributed by atoms with van der Waals surface area (Å²) in [5, 5.41) is 0. The van der Waals surface area contributed by atoms with Gasteiger partial charge in [0.05, 0.1) is 0 Å². The summed E-state index contributed by atoms with van der Waals surface area (Å²) in [5.74, 6) is 0.273. The summed E-state index contributed by atoms with van der Waals surface area (Å²) in [5.41, 5.74) is 0. The van der Waals surface area contributed by atoms with E-state index in [2.05, 4.69) is 0 Å². The molecule has 0 saturated carbocycles. The van der Waals surface area contributed by atoms with Crippen LogP contribution in [0, 0.1) is 0 Å². The van der Waals surface area contributed by atoms with Crippen molar-refractivity contribution >= 4 is 11.8 Å². The zero-order valence-corrected chi connectivity index (χ0v) is 11.8. The number of carbonyl (C=O) groups is 2. The van der Waals surface area contributed by atoms with Gasteiger partial charge in [-0.05, 0) is 50.7 Å². The Hall–Kier alpha value is -1.58. The molecule has 3 heterocycles. The molecule has 4 heteroatoms. The lowest BCUT2D eigenvalue weighted by atomic mass is 10.1. The molecule has 0 unspecified atom stereocenters. The largest absolute Gasteiger partial charge is 0.336 e. The van der Waals surface area contributed by atoms with Gasteiger partial charge in [0, 0.05) is 25.2 Å². The van der Waals surface area contributed by atoms with E-state index in [-0.39, 0.29) is 23.9 Å². The van der Waals surface area contributed by atoms with Gasteiger partial charge < -0.3 is 9.80 Å². The molecule has 3 aliphatic heterocycles. The Kier molecular flexibility index (Phi) is 3.90. The van der Waals surface area contributed by atoms with E-state index in [0.717, 1.165) is 51.6 Å². The van der Waals surface area contributed by atoms with E-state index in [9.17, 15) is 9.59 Å². The molecule has 0 radical (unpaired) electrons. The predicted octanol–water partition coefficient (Wildman–Crippen LogP) is 1.87. The maximum absolute atomic E-state index is 12.2. The number of amides is 2. The fraction of sp³-hybridized carbons (Fsp3) is 0.625. The van der Waals surface area contributed by atoms with Crippen molar-refractivity contribution in [2.75, 3.05) is 13.1 Å². The van der Waals surface area contributed by atoms with Crippen LogP contribution in [-0.2, 0) is 9.59 Å². The standard InChI is InChI=1S/C16H22N2O2/c19-15-9-1-5-13-7-3-11-17(13)16(20)10-2-6-14-8-4-12-18(14)15/h1-2,9-10,13-14H,3-8,11-12H2/b9-1-,10-2-/t13-,14-/m1/s1. The van der Waals surface area contributed by atoms with Crippen LogP contribution in [0.15, 0.2) is 24.3 Å². The van der Waals surface area contributed by atoms with E-state index < -0.39 is 0 Å². The van der Waals surface area contributed by atoms with Crippen molar-refractivity contribution in [3.8, 4) is 0 Å². The Balaban J connectivity index is 1.79. The molecule has 0 spiro atoms. The Bertz CT molecular complexity index is 413. The molecule has 2 fully saturated rings. The quantitative estimate of drug-likeness (QED) is 0.676. The van der Waals surface area contributed by atoms with Crippen molar-refractivity contribution in [1.82, 2.24) is 9.80 Å². The van der Waals surface area contributed by atoms with E-state index in [1.54, 1.807) is 12.2 Å². The molecule has 2 atom stereocenters. The highest BCUT2D eigenvalue weighted by atomic mass is 16.2. The Morgan fingerprint density at radius 1 is 0.800 bits per heavy atom. The summed E-state index contributed by atoms with van der Waals surface area (Å²) >= 11 is 0. The summed E-state index contributed by atoms with van der Waals surface area (Å²) < 4.78 is 0. The summed E-state index contributed by atoms with van der Waals surface area (Å²) in [6, 6.07) is 0.537. The van der Waals surface area contributed by atoms with Gasteiger partial charge in [-0.3, -0.25) is 9.59 Å². The molecule has 0 aromatic heterocycles. The first kappa shape index (κ1) is 13.4. The van der Waals surface area contributed by atoms with Gasteiger partial charge in [-0.1, -0.05) is 12.2 Å². The maximum Gasteiger partial charge on any atom is 0.246 e. The maximum atomic E-state index is 12.2. The molecule has 0 N–H and O–H groups in total. The SMILES string of the molecule is O=C1/C=C\C[C@@H]2CCCN2C(=O)/C=C\C[C@@H]2CCCN12. The van der Waals surface area contributed by atoms with Crippen molar-refractivity contribution in [2.45, 2.75) is 50.6 Å². The predicted molar refractivity (Wildman–Crippen MR) is 77.0 cm³/mol. The third-order valence-electron chi connectivity index (χ3n) is 4.66. The third-order valence-corrected chi connectivity index (χ3v) is 4.66. The first-order valence-corrected chi connectivity index (χ1v) is 7.70. The molecule has 3 aliphatic rings. The lowest BCUT2D eigenvalue weighted by Gasteiger charge is -2.25. The van der Waals surface area contributed by atoms with E-state index in [1.807, 2.05) is 22.0 Å². The zero-order valence-electron chi connectivity index (χ0n) is 11.8. The van der Waals surface area contributed by atoms with Crippen LogP contribution >= 0.6 is 0 Å². The van der Waals surface area contributed by atoms with Crippen LogP contribution in [0.1, 0.15) is 38.5 Å². The highest BCUT2D eigenvalue weighted by Crippen LogP contribution is 2.24. The number of hydrogen-bond donors (Lipinski definition) is 0. The van der Waals surface area contributed by atoms with E-state index in [1.165, 1.54) is 0 Å². The summed E-state index contributed by atoms with van der Waals surface area (Å²) in [6.07, 6.45) is 13.2. The number of carbonyl (C=O) groups excluding carboxylic acids is 2. The van der Waals surface area contributed by atoms with E-state index >= 15 is 0 Å². The van der Waals surface area contributed by atoms with Crippen LogP contribution in [0.3, 0.4) is 0 Å². The van der Waals surface area contributed by atoms with Crippen molar-refractivity contribution in [3.63, 3.8) is 0 Å². The van der Waals surface area contributed by atoms with Crippen molar-refractivity contribution < 1.29 is 9.59 Å². The van der Waals surface area contributed by atoms with E-state index in [0.29, 0.717) is 0 Å². The smallest absolute Gasteiger partial charge is 0.246 e. The van der Waals surface area contributed by atoms with Crippen molar-refractivity contribution in [2.24, 2.45) is 0 Å². The zero-order chi connectivity index (χ0) is 13.9. The van der Waals surface area contributed by atoms with Gasteiger partial charge >= 0.3 is 0 Å². The van der Waals surface area contributed by atoms with E-state index in [4.69, 9.17) is 0 Å². The van der Waals surface area contributed by atoms with Gasteiger partial charge in [-0.25, -0.2) is 0 Å². The van der Waals surface area contributed by atoms with Gasteiger partial charge in [0.1, 0.15) is 0 Å². The Labute approximate surface area is 120 Å². The third kappa shape index (κ3) is 2.65. The van der Waals surface area contributed by atoms with Crippen LogP contribution in [0.5, 0.6) is 0 Å². The highest BCUT2D eigenvalue weighted by Gasteiger charge is 2.29. The van der Waals surface area contributed by atoms with Crippen LogP contribution in [0.2, 0.25) is 0 Å². The topological polar surface area (TPSA) is 40.6 Å². The van der Waals surface area contributed by atoms with Crippen LogP contribution < -0.4 is 0 Å². The van der Waals surface area contributed by atoms with Gasteiger partial charge in [0.2, 0.25) is 11.8 Å². The second kappa shape index (κ2) is 5.81. The molecular weight excluding hydrogens is 252 g/mol. The summed E-state index contributed by atoms with van der Waals surface area (Å²) in [4.78, 5) is 28.3. The molecule has 2 amide bonds. The highest BCUT2D eigenvalue weighted by molar-refractivity contribution is 5.89. The summed E-state index contributed by atoms with van der Waals surface area (Å²) in [6.45, 7) is 1.70. The fourth-order valence-electron chi connectivity index (χ4n) is 3.59.